The van der Waals surface area contributed by atoms with Crippen molar-refractivity contribution >= 4 is 39.0 Å². The van der Waals surface area contributed by atoms with Crippen molar-refractivity contribution in [1.29, 1.82) is 0 Å². The number of nitrogens with one attached hydrogen (secondary N) is 1. The van der Waals surface area contributed by atoms with Crippen LogP contribution in [0.4, 0.5) is 5.69 Å². The minimum absolute atomic E-state index is 0.00360. The highest BCUT2D eigenvalue weighted by atomic mass is 32.2. The van der Waals surface area contributed by atoms with Gasteiger partial charge in [0.15, 0.2) is 15.9 Å². The van der Waals surface area contributed by atoms with Crippen LogP contribution in [0.3, 0.4) is 0 Å². The molecule has 0 spiro atoms. The third kappa shape index (κ3) is 5.20. The Labute approximate surface area is 169 Å². The zero-order valence-electron chi connectivity index (χ0n) is 16.3. The van der Waals surface area contributed by atoms with Gasteiger partial charge in [-0.05, 0) is 32.4 Å². The Bertz CT molecular complexity index is 955. The number of sulfone groups is 1. The fourth-order valence-electron chi connectivity index (χ4n) is 3.14. The lowest BCUT2D eigenvalue weighted by Crippen LogP contribution is -2.42. The molecule has 0 radical (unpaired) electrons. The van der Waals surface area contributed by atoms with Gasteiger partial charge in [-0.15, -0.1) is 0 Å². The summed E-state index contributed by atoms with van der Waals surface area (Å²) in [5.74, 6) is -1.79. The number of carbonyl (C=O) groups excluding carboxylic acids is 3. The van der Waals surface area contributed by atoms with Crippen LogP contribution >= 0.6 is 0 Å². The van der Waals surface area contributed by atoms with Crippen LogP contribution < -0.4 is 5.32 Å². The first kappa shape index (κ1) is 21.0. The van der Waals surface area contributed by atoms with E-state index in [1.165, 1.54) is 6.92 Å². The maximum Gasteiger partial charge on any atom is 0.355 e. The molecule has 2 heterocycles. The number of hydrazone groups is 1. The van der Waals surface area contributed by atoms with E-state index in [1.807, 2.05) is 19.1 Å². The lowest BCUT2D eigenvalue weighted by Gasteiger charge is -2.27. The first-order valence-electron chi connectivity index (χ1n) is 9.33. The molecule has 3 rings (SSSR count). The molecule has 29 heavy (non-hydrogen) atoms. The van der Waals surface area contributed by atoms with Crippen LogP contribution in [0.5, 0.6) is 0 Å². The van der Waals surface area contributed by atoms with Crippen molar-refractivity contribution < 1.29 is 27.5 Å². The summed E-state index contributed by atoms with van der Waals surface area (Å²) in [7, 11) is -3.20. The van der Waals surface area contributed by atoms with Crippen molar-refractivity contribution in [3.05, 3.63) is 29.8 Å². The fourth-order valence-corrected chi connectivity index (χ4v) is 4.83. The Morgan fingerprint density at radius 1 is 1.24 bits per heavy atom. The Morgan fingerprint density at radius 2 is 1.93 bits per heavy atom. The Kier molecular flexibility index (Phi) is 6.02. The van der Waals surface area contributed by atoms with E-state index >= 15 is 0 Å². The molecule has 0 aliphatic carbocycles. The van der Waals surface area contributed by atoms with Crippen molar-refractivity contribution in [2.24, 2.45) is 5.10 Å². The van der Waals surface area contributed by atoms with Crippen LogP contribution in [-0.4, -0.2) is 60.6 Å². The quantitative estimate of drug-likeness (QED) is 0.709. The largest absolute Gasteiger partial charge is 0.448 e. The van der Waals surface area contributed by atoms with Gasteiger partial charge in [0.05, 0.1) is 17.5 Å². The molecule has 1 aromatic rings. The highest BCUT2D eigenvalue weighted by Gasteiger charge is 2.37. The SMILES string of the molecule is Cc1ccc(NC(=O)[C@@H](C)OC(=O)C2=NN([C@H]3CCS(=O)(=O)C3)C(=O)CC2)cc1. The van der Waals surface area contributed by atoms with Crippen molar-refractivity contribution in [2.45, 2.75) is 45.3 Å². The molecule has 156 valence electrons. The first-order chi connectivity index (χ1) is 13.6. The predicted octanol–water partition coefficient (Wildman–Crippen LogP) is 1.03. The monoisotopic (exact) mass is 421 g/mol. The van der Waals surface area contributed by atoms with Gasteiger partial charge < -0.3 is 10.1 Å². The standard InChI is InChI=1S/C19H23N3O6S/c1-12-3-5-14(6-4-12)20-18(24)13(2)28-19(25)16-7-8-17(23)22(21-16)15-9-10-29(26,27)11-15/h3-6,13,15H,7-11H2,1-2H3,(H,20,24)/t13-,15+/m1/s1. The second-order valence-electron chi connectivity index (χ2n) is 7.24. The average molecular weight is 421 g/mol. The first-order valence-corrected chi connectivity index (χ1v) is 11.2. The van der Waals surface area contributed by atoms with Gasteiger partial charge in [-0.2, -0.15) is 5.10 Å². The Hall–Kier alpha value is -2.75. The van der Waals surface area contributed by atoms with Gasteiger partial charge in [0.25, 0.3) is 5.91 Å². The van der Waals surface area contributed by atoms with Gasteiger partial charge in [0, 0.05) is 18.5 Å². The molecular formula is C19H23N3O6S. The number of hydrogen-bond acceptors (Lipinski definition) is 7. The van der Waals surface area contributed by atoms with Gasteiger partial charge in [0.1, 0.15) is 5.71 Å². The molecule has 0 unspecified atom stereocenters. The third-order valence-electron chi connectivity index (χ3n) is 4.82. The van der Waals surface area contributed by atoms with Crippen LogP contribution in [0.15, 0.2) is 29.4 Å². The molecule has 2 atom stereocenters. The molecule has 0 bridgehead atoms. The van der Waals surface area contributed by atoms with E-state index in [0.717, 1.165) is 10.6 Å². The van der Waals surface area contributed by atoms with Crippen molar-refractivity contribution in [3.63, 3.8) is 0 Å². The van der Waals surface area contributed by atoms with Crippen molar-refractivity contribution in [2.75, 3.05) is 16.8 Å². The number of nitrogens with zero attached hydrogens (tertiary/aromatic N) is 2. The number of aryl methyl sites for hydroxylation is 1. The summed E-state index contributed by atoms with van der Waals surface area (Å²) in [6, 6.07) is 6.60. The third-order valence-corrected chi connectivity index (χ3v) is 6.57. The summed E-state index contributed by atoms with van der Waals surface area (Å²) in [6.07, 6.45) is -0.659. The number of amides is 2. The number of anilines is 1. The van der Waals surface area contributed by atoms with Crippen LogP contribution in [0, 0.1) is 6.92 Å². The maximum absolute atomic E-state index is 12.4. The van der Waals surface area contributed by atoms with E-state index in [9.17, 15) is 22.8 Å². The van der Waals surface area contributed by atoms with E-state index in [-0.39, 0.29) is 42.4 Å². The van der Waals surface area contributed by atoms with Crippen molar-refractivity contribution in [3.8, 4) is 0 Å². The van der Waals surface area contributed by atoms with E-state index in [2.05, 4.69) is 10.4 Å². The summed E-state index contributed by atoms with van der Waals surface area (Å²) in [4.78, 5) is 36.8. The predicted molar refractivity (Wildman–Crippen MR) is 106 cm³/mol. The summed E-state index contributed by atoms with van der Waals surface area (Å²) >= 11 is 0. The topological polar surface area (TPSA) is 122 Å². The second-order valence-corrected chi connectivity index (χ2v) is 9.47. The summed E-state index contributed by atoms with van der Waals surface area (Å²) in [6.45, 7) is 3.37. The Morgan fingerprint density at radius 3 is 2.55 bits per heavy atom. The van der Waals surface area contributed by atoms with Crippen LogP contribution in [0.25, 0.3) is 0 Å². The van der Waals surface area contributed by atoms with Crippen LogP contribution in [-0.2, 0) is 29.0 Å². The molecule has 1 fully saturated rings. The summed E-state index contributed by atoms with van der Waals surface area (Å²) in [5, 5.41) is 7.79. The van der Waals surface area contributed by atoms with Gasteiger partial charge in [-0.1, -0.05) is 17.7 Å². The Balaban J connectivity index is 1.62. The van der Waals surface area contributed by atoms with E-state index in [0.29, 0.717) is 5.69 Å². The normalized spacial score (nSPS) is 22.0. The van der Waals surface area contributed by atoms with Crippen LogP contribution in [0.2, 0.25) is 0 Å². The fraction of sp³-hybridized carbons (Fsp3) is 0.474. The molecule has 0 aromatic heterocycles. The van der Waals surface area contributed by atoms with Crippen molar-refractivity contribution in [1.82, 2.24) is 5.01 Å². The second kappa shape index (κ2) is 8.32. The molecule has 2 aliphatic rings. The number of rotatable bonds is 5. The van der Waals surface area contributed by atoms with Gasteiger partial charge >= 0.3 is 5.97 Å². The van der Waals surface area contributed by atoms with E-state index in [4.69, 9.17) is 4.74 Å². The summed E-state index contributed by atoms with van der Waals surface area (Å²) in [5.41, 5.74) is 1.63. The number of ether oxygens (including phenoxy) is 1. The zero-order chi connectivity index (χ0) is 21.2. The smallest absolute Gasteiger partial charge is 0.355 e. The molecule has 1 aromatic carbocycles. The summed E-state index contributed by atoms with van der Waals surface area (Å²) < 4.78 is 28.5. The molecule has 10 heteroatoms. The molecule has 2 amide bonds. The number of benzene rings is 1. The lowest BCUT2D eigenvalue weighted by molar-refractivity contribution is -0.147. The molecule has 1 N–H and O–H groups in total. The highest BCUT2D eigenvalue weighted by molar-refractivity contribution is 7.91. The number of esters is 1. The lowest BCUT2D eigenvalue weighted by atomic mass is 10.1. The average Bonchev–Trinajstić information content (AvgIpc) is 3.03. The zero-order valence-corrected chi connectivity index (χ0v) is 17.1. The number of hydrogen-bond donors (Lipinski definition) is 1. The molecule has 2 aliphatic heterocycles. The maximum atomic E-state index is 12.4. The molecular weight excluding hydrogens is 398 g/mol. The minimum atomic E-state index is -3.20. The molecule has 1 saturated heterocycles. The van der Waals surface area contributed by atoms with Crippen LogP contribution in [0.1, 0.15) is 31.7 Å². The molecule has 0 saturated carbocycles. The van der Waals surface area contributed by atoms with Gasteiger partial charge in [-0.3, -0.25) is 9.59 Å². The van der Waals surface area contributed by atoms with E-state index < -0.39 is 33.9 Å². The minimum Gasteiger partial charge on any atom is -0.448 e. The number of carbonyl (C=O) groups is 3. The molecule has 9 nitrogen and oxygen atoms in total. The van der Waals surface area contributed by atoms with Gasteiger partial charge in [0.2, 0.25) is 5.91 Å². The highest BCUT2D eigenvalue weighted by Crippen LogP contribution is 2.22. The van der Waals surface area contributed by atoms with Gasteiger partial charge in [-0.25, -0.2) is 18.2 Å². The van der Waals surface area contributed by atoms with E-state index in [1.54, 1.807) is 12.1 Å².